The number of thiophene rings is 1. The van der Waals surface area contributed by atoms with Gasteiger partial charge in [-0.1, -0.05) is 25.4 Å². The lowest BCUT2D eigenvalue weighted by molar-refractivity contribution is -0.145. The molecule has 0 saturated heterocycles. The molecule has 1 aliphatic rings. The third-order valence-corrected chi connectivity index (χ3v) is 8.73. The summed E-state index contributed by atoms with van der Waals surface area (Å²) >= 11 is 7.78. The van der Waals surface area contributed by atoms with Gasteiger partial charge in [0.1, 0.15) is 0 Å². The standard InChI is InChI=1S/C30H31ClFNO10S/c1-14(29(37)38)7-19(34)23-10-17-22(44-23)11-21(41-3)28(25(17)31)43-6-4-5-42-27-20(35)9-16-12-33(13-18(16)26(27)32)24(36)8-15(2)30(39)40/h9-11,14-15,35H,4-8,12-13H2,1-3H3,(H,37,38)(H,39,40). The number of aliphatic carboxylic acids is 2. The number of phenolic OH excluding ortho intramolecular Hbond substituents is 1. The number of carboxylic acids is 2. The molecule has 1 amide bonds. The topological polar surface area (TPSA) is 160 Å². The molecular weight excluding hydrogens is 621 g/mol. The highest BCUT2D eigenvalue weighted by Gasteiger charge is 2.31. The third kappa shape index (κ3) is 6.99. The van der Waals surface area contributed by atoms with E-state index in [2.05, 4.69) is 0 Å². The number of phenols is 1. The molecule has 44 heavy (non-hydrogen) atoms. The van der Waals surface area contributed by atoms with Gasteiger partial charge in [0.15, 0.2) is 34.6 Å². The minimum Gasteiger partial charge on any atom is -0.504 e. The van der Waals surface area contributed by atoms with Gasteiger partial charge in [-0.2, -0.15) is 0 Å². The number of ether oxygens (including phenoxy) is 3. The zero-order chi connectivity index (χ0) is 32.3. The molecule has 0 bridgehead atoms. The second kappa shape index (κ2) is 13.7. The molecular formula is C30H31ClFNO10S. The number of hydrogen-bond acceptors (Lipinski definition) is 9. The predicted octanol–water partition coefficient (Wildman–Crippen LogP) is 5.50. The quantitative estimate of drug-likeness (QED) is 0.150. The van der Waals surface area contributed by atoms with Gasteiger partial charge in [0.05, 0.1) is 42.1 Å². The normalized spacial score (nSPS) is 13.8. The average Bonchev–Trinajstić information content (AvgIpc) is 3.60. The summed E-state index contributed by atoms with van der Waals surface area (Å²) in [6.45, 7) is 2.90. The van der Waals surface area contributed by atoms with E-state index in [-0.39, 0.29) is 73.4 Å². The first-order valence-corrected chi connectivity index (χ1v) is 14.9. The molecule has 14 heteroatoms. The molecule has 0 fully saturated rings. The maximum Gasteiger partial charge on any atom is 0.306 e. The lowest BCUT2D eigenvalue weighted by atomic mass is 10.0. The Hall–Kier alpha value is -4.10. The fourth-order valence-corrected chi connectivity index (χ4v) is 6.07. The molecule has 2 aromatic carbocycles. The summed E-state index contributed by atoms with van der Waals surface area (Å²) < 4.78 is 32.7. The van der Waals surface area contributed by atoms with Crippen molar-refractivity contribution in [3.05, 3.63) is 45.0 Å². The Labute approximate surface area is 260 Å². The largest absolute Gasteiger partial charge is 0.504 e. The lowest BCUT2D eigenvalue weighted by Crippen LogP contribution is -2.28. The van der Waals surface area contributed by atoms with E-state index in [0.29, 0.717) is 26.3 Å². The number of carboxylic acid groups (broad SMARTS) is 2. The summed E-state index contributed by atoms with van der Waals surface area (Å²) in [6, 6.07) is 4.60. The van der Waals surface area contributed by atoms with Gasteiger partial charge in [-0.3, -0.25) is 19.2 Å². The fraction of sp³-hybridized carbons (Fsp3) is 0.400. The van der Waals surface area contributed by atoms with Crippen LogP contribution in [0.5, 0.6) is 23.0 Å². The molecule has 236 valence electrons. The van der Waals surface area contributed by atoms with Crippen LogP contribution in [-0.4, -0.2) is 64.2 Å². The minimum absolute atomic E-state index is 0.0386. The van der Waals surface area contributed by atoms with E-state index in [1.807, 2.05) is 0 Å². The Morgan fingerprint density at radius 2 is 1.64 bits per heavy atom. The number of aromatic hydroxyl groups is 1. The summed E-state index contributed by atoms with van der Waals surface area (Å²) in [6.07, 6.45) is -0.117. The predicted molar refractivity (Wildman–Crippen MR) is 158 cm³/mol. The fourth-order valence-electron chi connectivity index (χ4n) is 4.66. The zero-order valence-electron chi connectivity index (χ0n) is 24.1. The van der Waals surface area contributed by atoms with Gasteiger partial charge in [-0.25, -0.2) is 4.39 Å². The molecule has 11 nitrogen and oxygen atoms in total. The zero-order valence-corrected chi connectivity index (χ0v) is 25.7. The number of fused-ring (bicyclic) bond motifs is 2. The van der Waals surface area contributed by atoms with Crippen LogP contribution in [0.3, 0.4) is 0 Å². The summed E-state index contributed by atoms with van der Waals surface area (Å²) in [5, 5.41) is 29.3. The molecule has 0 spiro atoms. The molecule has 4 rings (SSSR count). The van der Waals surface area contributed by atoms with E-state index in [1.54, 1.807) is 12.1 Å². The van der Waals surface area contributed by atoms with Crippen molar-refractivity contribution in [1.29, 1.82) is 0 Å². The number of ketones is 1. The van der Waals surface area contributed by atoms with Crippen molar-refractivity contribution in [3.8, 4) is 23.0 Å². The van der Waals surface area contributed by atoms with Gasteiger partial charge in [0.2, 0.25) is 5.91 Å². The van der Waals surface area contributed by atoms with E-state index >= 15 is 4.39 Å². The number of rotatable bonds is 14. The van der Waals surface area contributed by atoms with Crippen molar-refractivity contribution < 1.29 is 53.1 Å². The van der Waals surface area contributed by atoms with E-state index in [0.717, 1.165) is 0 Å². The number of carbonyl (C=O) groups excluding carboxylic acids is 2. The summed E-state index contributed by atoms with van der Waals surface area (Å²) in [4.78, 5) is 49.0. The van der Waals surface area contributed by atoms with Gasteiger partial charge < -0.3 is 34.4 Å². The highest BCUT2D eigenvalue weighted by Crippen LogP contribution is 2.44. The SMILES string of the molecule is COc1cc2sc(C(=O)CC(C)C(=O)O)cc2c(Cl)c1OCCCOc1c(O)cc2c(c1F)CN(C(=O)CC(C)C(=O)O)C2. The molecule has 0 radical (unpaired) electrons. The van der Waals surface area contributed by atoms with Crippen molar-refractivity contribution in [2.45, 2.75) is 46.2 Å². The first-order valence-electron chi connectivity index (χ1n) is 13.7. The molecule has 0 saturated carbocycles. The number of benzene rings is 2. The number of Topliss-reactive ketones (excluding diaryl/α,β-unsaturated/α-hetero) is 1. The highest BCUT2D eigenvalue weighted by atomic mass is 35.5. The van der Waals surface area contributed by atoms with Crippen LogP contribution in [0.2, 0.25) is 5.02 Å². The van der Waals surface area contributed by atoms with Gasteiger partial charge in [-0.15, -0.1) is 11.3 Å². The smallest absolute Gasteiger partial charge is 0.306 e. The molecule has 1 aromatic heterocycles. The van der Waals surface area contributed by atoms with Crippen molar-refractivity contribution in [1.82, 2.24) is 4.90 Å². The molecule has 3 aromatic rings. The number of amides is 1. The van der Waals surface area contributed by atoms with Crippen molar-refractivity contribution in [3.63, 3.8) is 0 Å². The Kier molecular flexibility index (Phi) is 10.2. The van der Waals surface area contributed by atoms with E-state index in [4.69, 9.17) is 36.0 Å². The Morgan fingerprint density at radius 1 is 1.00 bits per heavy atom. The monoisotopic (exact) mass is 651 g/mol. The molecule has 1 aliphatic heterocycles. The summed E-state index contributed by atoms with van der Waals surface area (Å²) in [7, 11) is 1.43. The van der Waals surface area contributed by atoms with Crippen LogP contribution in [0.1, 0.15) is 53.9 Å². The van der Waals surface area contributed by atoms with Crippen LogP contribution in [-0.2, 0) is 27.5 Å². The molecule has 2 atom stereocenters. The average molecular weight is 652 g/mol. The first kappa shape index (κ1) is 32.8. The van der Waals surface area contributed by atoms with Crippen molar-refractivity contribution in [2.24, 2.45) is 11.8 Å². The molecule has 3 N–H and O–H groups in total. The highest BCUT2D eigenvalue weighted by molar-refractivity contribution is 7.21. The van der Waals surface area contributed by atoms with Crippen LogP contribution >= 0.6 is 22.9 Å². The molecule has 0 aliphatic carbocycles. The van der Waals surface area contributed by atoms with Crippen molar-refractivity contribution >= 4 is 56.7 Å². The summed E-state index contributed by atoms with van der Waals surface area (Å²) in [5.41, 5.74) is 0.611. The van der Waals surface area contributed by atoms with Gasteiger partial charge in [0.25, 0.3) is 0 Å². The van der Waals surface area contributed by atoms with E-state index in [9.17, 15) is 24.3 Å². The van der Waals surface area contributed by atoms with Gasteiger partial charge in [0, 0.05) is 54.1 Å². The number of carbonyl (C=O) groups is 4. The first-order chi connectivity index (χ1) is 20.8. The molecule has 2 heterocycles. The van der Waals surface area contributed by atoms with Crippen LogP contribution in [0.4, 0.5) is 4.39 Å². The second-order valence-corrected chi connectivity index (χ2v) is 12.0. The number of methoxy groups -OCH3 is 1. The van der Waals surface area contributed by atoms with Gasteiger partial charge in [-0.05, 0) is 17.7 Å². The second-order valence-electron chi connectivity index (χ2n) is 10.5. The van der Waals surface area contributed by atoms with Crippen molar-refractivity contribution in [2.75, 3.05) is 20.3 Å². The number of hydrogen-bond donors (Lipinski definition) is 3. The third-order valence-electron chi connectivity index (χ3n) is 7.23. The Bertz CT molecular complexity index is 1620. The summed E-state index contributed by atoms with van der Waals surface area (Å²) in [5.74, 6) is -5.64. The Balaban J connectivity index is 1.38. The minimum atomic E-state index is -1.10. The molecule has 2 unspecified atom stereocenters. The van der Waals surface area contributed by atoms with Crippen LogP contribution in [0.15, 0.2) is 18.2 Å². The van der Waals surface area contributed by atoms with Gasteiger partial charge >= 0.3 is 11.9 Å². The van der Waals surface area contributed by atoms with Crippen LogP contribution in [0.25, 0.3) is 10.1 Å². The maximum absolute atomic E-state index is 15.3. The number of halogens is 2. The maximum atomic E-state index is 15.3. The van der Waals surface area contributed by atoms with Crippen LogP contribution in [0, 0.1) is 17.7 Å². The Morgan fingerprint density at radius 3 is 2.27 bits per heavy atom. The van der Waals surface area contributed by atoms with E-state index in [1.165, 1.54) is 43.3 Å². The lowest BCUT2D eigenvalue weighted by Gasteiger charge is -2.16. The van der Waals surface area contributed by atoms with Crippen LogP contribution < -0.4 is 14.2 Å². The number of nitrogens with zero attached hydrogens (tertiary/aromatic N) is 1. The van der Waals surface area contributed by atoms with E-state index < -0.39 is 41.2 Å².